The summed E-state index contributed by atoms with van der Waals surface area (Å²) in [6.45, 7) is 2.33. The van der Waals surface area contributed by atoms with Crippen molar-refractivity contribution < 1.29 is 4.12 Å². The third kappa shape index (κ3) is 3.99. The van der Waals surface area contributed by atoms with Crippen molar-refractivity contribution in [2.24, 2.45) is 0 Å². The van der Waals surface area contributed by atoms with Gasteiger partial charge in [-0.1, -0.05) is 104 Å². The summed E-state index contributed by atoms with van der Waals surface area (Å²) in [5.41, 5.74) is 0.722. The van der Waals surface area contributed by atoms with Crippen LogP contribution >= 0.6 is 0 Å². The van der Waals surface area contributed by atoms with Gasteiger partial charge in [-0.05, 0) is 27.1 Å². The largest absolute Gasteiger partial charge is 0.468 e. The summed E-state index contributed by atoms with van der Waals surface area (Å²) < 4.78 is 5.85. The molecule has 0 saturated heterocycles. The lowest BCUT2D eigenvalue weighted by Crippen LogP contribution is -2.67. The molecule has 0 radical (unpaired) electrons. The first kappa shape index (κ1) is 19.0. The smallest absolute Gasteiger partial charge is 0.148 e. The molecule has 0 aliphatic heterocycles. The van der Waals surface area contributed by atoms with Crippen LogP contribution in [0.4, 0.5) is 0 Å². The van der Waals surface area contributed by atoms with Gasteiger partial charge < -0.3 is 4.12 Å². The molecule has 0 aliphatic rings. The van der Waals surface area contributed by atoms with Gasteiger partial charge in [0.15, 0.2) is 0 Å². The fraction of sp³-hybridized carbons (Fsp3) is 0.182. The minimum absolute atomic E-state index is 0.462. The average molecular weight is 393 g/mol. The van der Waals surface area contributed by atoms with Crippen molar-refractivity contribution >= 4 is 43.9 Å². The first-order valence-electron chi connectivity index (χ1n) is 9.46. The van der Waals surface area contributed by atoms with Gasteiger partial charge in [0.25, 0.3) is 0 Å². The Bertz CT molecular complexity index is 682. The molecule has 0 bridgehead atoms. The molecule has 4 heteroatoms. The highest BCUT2D eigenvalue weighted by molar-refractivity contribution is 7.11. The summed E-state index contributed by atoms with van der Waals surface area (Å²) in [6.07, 6.45) is 1.22. The maximum atomic E-state index is 5.85. The van der Waals surface area contributed by atoms with E-state index in [1.807, 2.05) is 0 Å². The van der Waals surface area contributed by atoms with Crippen LogP contribution in [0.1, 0.15) is 13.3 Å². The minimum atomic E-state index is -2.07. The molecule has 3 rings (SSSR count). The molecule has 0 aliphatic carbocycles. The van der Waals surface area contributed by atoms with Gasteiger partial charge in [0.2, 0.25) is 0 Å². The molecule has 3 aromatic carbocycles. The monoisotopic (exact) mass is 392 g/mol. The third-order valence-corrected chi connectivity index (χ3v) is 13.8. The summed E-state index contributed by atoms with van der Waals surface area (Å²) in [5, 5.41) is 4.54. The first-order chi connectivity index (χ1) is 12.8. The molecule has 0 aromatic heterocycles. The molecule has 134 valence electrons. The minimum Gasteiger partial charge on any atom is -0.468 e. The lowest BCUT2D eigenvalue weighted by molar-refractivity contribution is 0.629. The Morgan fingerprint density at radius 2 is 1.15 bits per heavy atom. The SMILES string of the molecule is CCC(C[Si](c1ccccc1)(c1ccccc1)c1ccccc1)[SiH2]O[SiH3]. The Labute approximate surface area is 163 Å². The van der Waals surface area contributed by atoms with Crippen LogP contribution in [0.5, 0.6) is 0 Å². The van der Waals surface area contributed by atoms with Crippen LogP contribution in [0.3, 0.4) is 0 Å². The number of hydrogen-bond acceptors (Lipinski definition) is 1. The zero-order chi connectivity index (χ0) is 18.2. The highest BCUT2D eigenvalue weighted by Crippen LogP contribution is 2.25. The zero-order valence-electron chi connectivity index (χ0n) is 15.8. The Morgan fingerprint density at radius 3 is 1.46 bits per heavy atom. The Kier molecular flexibility index (Phi) is 6.80. The van der Waals surface area contributed by atoms with Gasteiger partial charge in [-0.25, -0.2) is 0 Å². The molecular weight excluding hydrogens is 364 g/mol. The van der Waals surface area contributed by atoms with E-state index in [1.165, 1.54) is 28.0 Å². The van der Waals surface area contributed by atoms with Crippen molar-refractivity contribution in [1.82, 2.24) is 0 Å². The van der Waals surface area contributed by atoms with E-state index >= 15 is 0 Å². The van der Waals surface area contributed by atoms with Crippen LogP contribution in [-0.2, 0) is 4.12 Å². The van der Waals surface area contributed by atoms with Gasteiger partial charge in [-0.15, -0.1) is 0 Å². The fourth-order valence-corrected chi connectivity index (χ4v) is 13.0. The summed E-state index contributed by atoms with van der Waals surface area (Å²) in [4.78, 5) is 0. The van der Waals surface area contributed by atoms with E-state index in [9.17, 15) is 0 Å². The second-order valence-electron chi connectivity index (χ2n) is 6.94. The van der Waals surface area contributed by atoms with Crippen molar-refractivity contribution in [2.75, 3.05) is 0 Å². The summed E-state index contributed by atoms with van der Waals surface area (Å²) in [6, 6.07) is 34.9. The van der Waals surface area contributed by atoms with Crippen molar-refractivity contribution in [3.63, 3.8) is 0 Å². The normalized spacial score (nSPS) is 13.3. The Balaban J connectivity index is 2.24. The summed E-state index contributed by atoms with van der Waals surface area (Å²) in [5.74, 6) is 0. The second kappa shape index (κ2) is 9.28. The van der Waals surface area contributed by atoms with Gasteiger partial charge in [0.05, 0.1) is 0 Å². The van der Waals surface area contributed by atoms with Crippen molar-refractivity contribution in [2.45, 2.75) is 24.9 Å². The predicted octanol–water partition coefficient (Wildman–Crippen LogP) is 1.74. The van der Waals surface area contributed by atoms with Crippen molar-refractivity contribution in [1.29, 1.82) is 0 Å². The van der Waals surface area contributed by atoms with Gasteiger partial charge in [-0.2, -0.15) is 0 Å². The third-order valence-electron chi connectivity index (χ3n) is 5.37. The van der Waals surface area contributed by atoms with Crippen LogP contribution in [0, 0.1) is 0 Å². The molecule has 0 spiro atoms. The van der Waals surface area contributed by atoms with Crippen LogP contribution in [0.2, 0.25) is 11.6 Å². The van der Waals surface area contributed by atoms with E-state index < -0.39 is 17.8 Å². The maximum Gasteiger partial charge on any atom is 0.148 e. The highest BCUT2D eigenvalue weighted by atomic mass is 28.3. The summed E-state index contributed by atoms with van der Waals surface area (Å²) in [7, 11) is -1.67. The van der Waals surface area contributed by atoms with Crippen LogP contribution in [-0.4, -0.2) is 28.3 Å². The van der Waals surface area contributed by atoms with Gasteiger partial charge in [0, 0.05) is 0 Å². The highest BCUT2D eigenvalue weighted by Gasteiger charge is 2.40. The number of benzene rings is 3. The molecule has 0 saturated carbocycles. The molecule has 0 fully saturated rings. The van der Waals surface area contributed by atoms with E-state index in [-0.39, 0.29) is 0 Å². The molecule has 1 unspecified atom stereocenters. The van der Waals surface area contributed by atoms with E-state index in [0.29, 0.717) is 0 Å². The molecular formula is C22H28OSi3. The van der Waals surface area contributed by atoms with E-state index in [1.54, 1.807) is 0 Å². The second-order valence-corrected chi connectivity index (χ2v) is 14.7. The Hall–Kier alpha value is -1.73. The molecule has 0 heterocycles. The number of hydrogen-bond donors (Lipinski definition) is 0. The van der Waals surface area contributed by atoms with Crippen LogP contribution in [0.25, 0.3) is 0 Å². The molecule has 3 aromatic rings. The van der Waals surface area contributed by atoms with Crippen molar-refractivity contribution in [3.8, 4) is 0 Å². The number of rotatable bonds is 8. The van der Waals surface area contributed by atoms with E-state index in [2.05, 4.69) is 97.9 Å². The topological polar surface area (TPSA) is 9.23 Å². The lowest BCUT2D eigenvalue weighted by atomic mass is 10.3. The van der Waals surface area contributed by atoms with Crippen molar-refractivity contribution in [3.05, 3.63) is 91.0 Å². The van der Waals surface area contributed by atoms with E-state index in [4.69, 9.17) is 4.12 Å². The van der Waals surface area contributed by atoms with Crippen LogP contribution < -0.4 is 15.6 Å². The summed E-state index contributed by atoms with van der Waals surface area (Å²) >= 11 is 0. The molecule has 1 atom stereocenters. The molecule has 0 N–H and O–H groups in total. The zero-order valence-corrected chi connectivity index (χ0v) is 20.2. The van der Waals surface area contributed by atoms with Gasteiger partial charge in [0.1, 0.15) is 28.3 Å². The predicted molar refractivity (Wildman–Crippen MR) is 122 cm³/mol. The standard InChI is InChI=1S/C22H28OSi3/c1-2-19(25-23-24)18-26(20-12-6-3-7-13-20,21-14-8-4-9-15-21)22-16-10-5-11-17-22/h3-17,19H,2,18,25H2,1,24H3. The van der Waals surface area contributed by atoms with Gasteiger partial charge in [-0.3, -0.25) is 0 Å². The molecule has 0 amide bonds. The average Bonchev–Trinajstić information content (AvgIpc) is 2.73. The maximum absolute atomic E-state index is 5.85. The first-order valence-corrected chi connectivity index (χ1v) is 13.9. The lowest BCUT2D eigenvalue weighted by Gasteiger charge is -2.36. The quantitative estimate of drug-likeness (QED) is 0.419. The molecule has 26 heavy (non-hydrogen) atoms. The van der Waals surface area contributed by atoms with Crippen LogP contribution in [0.15, 0.2) is 91.0 Å². The molecule has 1 nitrogen and oxygen atoms in total. The fourth-order valence-electron chi connectivity index (χ4n) is 4.01. The Morgan fingerprint density at radius 1 is 0.769 bits per heavy atom. The van der Waals surface area contributed by atoms with Gasteiger partial charge >= 0.3 is 0 Å². The van der Waals surface area contributed by atoms with E-state index in [0.717, 1.165) is 16.0 Å².